The zero-order valence-electron chi connectivity index (χ0n) is 22.4. The van der Waals surface area contributed by atoms with Gasteiger partial charge in [-0.1, -0.05) is 6.07 Å². The molecule has 5 aromatic rings. The number of amides is 1. The number of hydrogen-bond acceptors (Lipinski definition) is 4. The van der Waals surface area contributed by atoms with Gasteiger partial charge in [0.05, 0.1) is 18.6 Å². The highest BCUT2D eigenvalue weighted by molar-refractivity contribution is 6.09. The molecule has 1 aromatic carbocycles. The van der Waals surface area contributed by atoms with E-state index in [1.807, 2.05) is 62.0 Å². The van der Waals surface area contributed by atoms with Crippen molar-refractivity contribution in [2.24, 2.45) is 0 Å². The van der Waals surface area contributed by atoms with E-state index in [9.17, 15) is 9.59 Å². The molecule has 0 bridgehead atoms. The number of pyridine rings is 2. The largest absolute Gasteiger partial charge is 0.348 e. The predicted octanol–water partition coefficient (Wildman–Crippen LogP) is 5.07. The Balaban J connectivity index is 1.53. The Kier molecular flexibility index (Phi) is 6.72. The molecule has 8 nitrogen and oxygen atoms in total. The van der Waals surface area contributed by atoms with Crippen LogP contribution in [0.3, 0.4) is 0 Å². The van der Waals surface area contributed by atoms with Crippen molar-refractivity contribution >= 4 is 16.8 Å². The molecule has 0 fully saturated rings. The van der Waals surface area contributed by atoms with Gasteiger partial charge < -0.3 is 19.4 Å². The average molecular weight is 509 g/mol. The molecule has 0 aliphatic heterocycles. The van der Waals surface area contributed by atoms with E-state index in [1.165, 1.54) is 0 Å². The molecule has 0 unspecified atom stereocenters. The fourth-order valence-electron chi connectivity index (χ4n) is 4.98. The molecule has 0 atom stereocenters. The quantitative estimate of drug-likeness (QED) is 0.321. The van der Waals surface area contributed by atoms with Crippen LogP contribution in [0.25, 0.3) is 22.0 Å². The van der Waals surface area contributed by atoms with Crippen LogP contribution in [0.1, 0.15) is 58.3 Å². The molecule has 2 N–H and O–H groups in total. The summed E-state index contributed by atoms with van der Waals surface area (Å²) in [6.45, 7) is 10.8. The lowest BCUT2D eigenvalue weighted by molar-refractivity contribution is 0.0952. The molecule has 0 spiro atoms. The minimum Gasteiger partial charge on any atom is -0.348 e. The van der Waals surface area contributed by atoms with E-state index in [0.29, 0.717) is 17.7 Å². The van der Waals surface area contributed by atoms with Gasteiger partial charge in [-0.25, -0.2) is 4.98 Å². The topological polar surface area (TPSA) is 97.6 Å². The third kappa shape index (κ3) is 4.89. The summed E-state index contributed by atoms with van der Waals surface area (Å²) in [5.41, 5.74) is 7.40. The van der Waals surface area contributed by atoms with E-state index in [1.54, 1.807) is 12.5 Å². The van der Waals surface area contributed by atoms with Gasteiger partial charge in [0.2, 0.25) is 0 Å². The van der Waals surface area contributed by atoms with Crippen molar-refractivity contribution in [3.05, 3.63) is 105 Å². The van der Waals surface area contributed by atoms with Gasteiger partial charge in [-0.3, -0.25) is 14.6 Å². The molecule has 0 saturated carbocycles. The SMILES string of the molecule is Cc1cc(C)c(CNC(=O)c2cc(-c3ccc(Cn4ccnc4)nc3)cc3c2c(C)cn3C(C)C)c(=O)[nH]1. The molecule has 1 amide bonds. The van der Waals surface area contributed by atoms with Gasteiger partial charge in [-0.15, -0.1) is 0 Å². The van der Waals surface area contributed by atoms with Crippen LogP contribution >= 0.6 is 0 Å². The van der Waals surface area contributed by atoms with Crippen LogP contribution in [-0.2, 0) is 13.1 Å². The maximum atomic E-state index is 13.6. The Morgan fingerprint density at radius 3 is 2.55 bits per heavy atom. The van der Waals surface area contributed by atoms with Crippen LogP contribution < -0.4 is 10.9 Å². The second kappa shape index (κ2) is 10.1. The third-order valence-electron chi connectivity index (χ3n) is 6.91. The number of fused-ring (bicyclic) bond motifs is 1. The molecule has 0 aliphatic carbocycles. The smallest absolute Gasteiger partial charge is 0.253 e. The van der Waals surface area contributed by atoms with Gasteiger partial charge in [-0.05, 0) is 75.6 Å². The Morgan fingerprint density at radius 1 is 1.08 bits per heavy atom. The zero-order valence-corrected chi connectivity index (χ0v) is 22.4. The number of nitrogens with zero attached hydrogens (tertiary/aromatic N) is 4. The first-order valence-corrected chi connectivity index (χ1v) is 12.7. The minimum atomic E-state index is -0.217. The molecule has 0 radical (unpaired) electrons. The first kappa shape index (κ1) is 25.2. The molecule has 4 aromatic heterocycles. The van der Waals surface area contributed by atoms with E-state index in [4.69, 9.17) is 0 Å². The van der Waals surface area contributed by atoms with Gasteiger partial charge >= 0.3 is 0 Å². The highest BCUT2D eigenvalue weighted by Crippen LogP contribution is 2.33. The summed E-state index contributed by atoms with van der Waals surface area (Å²) in [5, 5.41) is 3.91. The van der Waals surface area contributed by atoms with Gasteiger partial charge in [0, 0.05) is 70.7 Å². The zero-order chi connectivity index (χ0) is 27.0. The van der Waals surface area contributed by atoms with Gasteiger partial charge in [0.15, 0.2) is 0 Å². The molecule has 5 rings (SSSR count). The van der Waals surface area contributed by atoms with Crippen molar-refractivity contribution < 1.29 is 4.79 Å². The van der Waals surface area contributed by atoms with Crippen molar-refractivity contribution in [1.82, 2.24) is 29.4 Å². The number of aromatic amines is 1. The maximum Gasteiger partial charge on any atom is 0.253 e. The van der Waals surface area contributed by atoms with Crippen molar-refractivity contribution in [1.29, 1.82) is 0 Å². The first-order chi connectivity index (χ1) is 18.2. The van der Waals surface area contributed by atoms with E-state index in [2.05, 4.69) is 50.9 Å². The van der Waals surface area contributed by atoms with E-state index in [0.717, 1.165) is 44.5 Å². The van der Waals surface area contributed by atoms with Crippen LogP contribution in [-0.4, -0.2) is 30.0 Å². The second-order valence-electron chi connectivity index (χ2n) is 10.1. The van der Waals surface area contributed by atoms with Gasteiger partial charge in [0.25, 0.3) is 11.5 Å². The summed E-state index contributed by atoms with van der Waals surface area (Å²) in [7, 11) is 0. The van der Waals surface area contributed by atoms with E-state index in [-0.39, 0.29) is 24.1 Å². The predicted molar refractivity (Wildman–Crippen MR) is 149 cm³/mol. The highest BCUT2D eigenvalue weighted by Gasteiger charge is 2.19. The fraction of sp³-hybridized carbons (Fsp3) is 0.267. The number of hydrogen-bond donors (Lipinski definition) is 2. The molecule has 38 heavy (non-hydrogen) atoms. The van der Waals surface area contributed by atoms with Crippen LogP contribution in [0.15, 0.2) is 66.2 Å². The normalized spacial score (nSPS) is 11.4. The monoisotopic (exact) mass is 508 g/mol. The van der Waals surface area contributed by atoms with Gasteiger partial charge in [-0.2, -0.15) is 0 Å². The lowest BCUT2D eigenvalue weighted by Crippen LogP contribution is -2.28. The van der Waals surface area contributed by atoms with Gasteiger partial charge in [0.1, 0.15) is 0 Å². The maximum absolute atomic E-state index is 13.6. The number of nitrogens with one attached hydrogen (secondary N) is 2. The summed E-state index contributed by atoms with van der Waals surface area (Å²) >= 11 is 0. The van der Waals surface area contributed by atoms with Crippen molar-refractivity contribution in [3.63, 3.8) is 0 Å². The van der Waals surface area contributed by atoms with Crippen LogP contribution in [0.2, 0.25) is 0 Å². The fourth-order valence-corrected chi connectivity index (χ4v) is 4.98. The van der Waals surface area contributed by atoms with E-state index < -0.39 is 0 Å². The standard InChI is InChI=1S/C30H32N6O2/c1-18(2)36-15-20(4)28-25(29(37)33-14-26-19(3)10-21(5)34-30(26)38)11-23(12-27(28)36)22-6-7-24(32-13-22)16-35-9-8-31-17-35/h6-13,15,17-18H,14,16H2,1-5H3,(H,33,37)(H,34,38). The number of carbonyl (C=O) groups excluding carboxylic acids is 1. The van der Waals surface area contributed by atoms with Crippen molar-refractivity contribution in [3.8, 4) is 11.1 Å². The molecule has 4 heterocycles. The summed E-state index contributed by atoms with van der Waals surface area (Å²) < 4.78 is 4.16. The highest BCUT2D eigenvalue weighted by atomic mass is 16.1. The number of carbonyl (C=O) groups is 1. The average Bonchev–Trinajstić information content (AvgIpc) is 3.51. The van der Waals surface area contributed by atoms with Crippen LogP contribution in [0.5, 0.6) is 0 Å². The van der Waals surface area contributed by atoms with Crippen molar-refractivity contribution in [2.75, 3.05) is 0 Å². The summed E-state index contributed by atoms with van der Waals surface area (Å²) in [6.07, 6.45) is 9.36. The lowest BCUT2D eigenvalue weighted by Gasteiger charge is -2.14. The number of benzene rings is 1. The Bertz CT molecular complexity index is 1680. The minimum absolute atomic E-state index is 0.153. The van der Waals surface area contributed by atoms with Crippen LogP contribution in [0.4, 0.5) is 0 Å². The lowest BCUT2D eigenvalue weighted by atomic mass is 9.98. The van der Waals surface area contributed by atoms with Crippen LogP contribution in [0, 0.1) is 20.8 Å². The number of imidazole rings is 1. The molecule has 194 valence electrons. The number of rotatable bonds is 7. The summed E-state index contributed by atoms with van der Waals surface area (Å²) in [4.78, 5) is 37.7. The van der Waals surface area contributed by atoms with Crippen molar-refractivity contribution in [2.45, 2.75) is 53.8 Å². The number of H-pyrrole nitrogens is 1. The molecule has 8 heteroatoms. The number of aromatic nitrogens is 5. The molecule has 0 saturated heterocycles. The Hall–Kier alpha value is -4.46. The molecular weight excluding hydrogens is 476 g/mol. The number of aryl methyl sites for hydroxylation is 3. The third-order valence-corrected chi connectivity index (χ3v) is 6.91. The van der Waals surface area contributed by atoms with E-state index >= 15 is 0 Å². The first-order valence-electron chi connectivity index (χ1n) is 12.7. The summed E-state index contributed by atoms with van der Waals surface area (Å²) in [5.74, 6) is -0.217. The second-order valence-corrected chi connectivity index (χ2v) is 10.1. The molecule has 0 aliphatic rings. The summed E-state index contributed by atoms with van der Waals surface area (Å²) in [6, 6.07) is 10.2. The molecular formula is C30H32N6O2. The Morgan fingerprint density at radius 2 is 1.89 bits per heavy atom. The Labute approximate surface area is 221 Å².